The summed E-state index contributed by atoms with van der Waals surface area (Å²) in [6.07, 6.45) is 1.88. The standard InChI is InChI=1S/C13H15N3O/c1-2-16-9-5-8-12(16)13(17)15-11-7-4-3-6-10(11)14/h3-9H,2,14H2,1H3,(H,15,17). The number of nitrogen functional groups attached to an aromatic ring is 1. The predicted octanol–water partition coefficient (Wildman–Crippen LogP) is 2.34. The Hall–Kier alpha value is -2.23. The molecule has 1 aromatic heterocycles. The molecule has 0 atom stereocenters. The average molecular weight is 229 g/mol. The lowest BCUT2D eigenvalue weighted by Gasteiger charge is -2.09. The molecular formula is C13H15N3O. The number of carbonyl (C=O) groups excluding carboxylic acids is 1. The van der Waals surface area contributed by atoms with Crippen molar-refractivity contribution in [2.75, 3.05) is 11.1 Å². The molecule has 0 saturated heterocycles. The van der Waals surface area contributed by atoms with Crippen LogP contribution in [0.4, 0.5) is 11.4 Å². The van der Waals surface area contributed by atoms with Gasteiger partial charge in [-0.25, -0.2) is 0 Å². The second-order valence-electron chi connectivity index (χ2n) is 3.72. The third kappa shape index (κ3) is 2.30. The van der Waals surface area contributed by atoms with E-state index >= 15 is 0 Å². The van der Waals surface area contributed by atoms with Crippen molar-refractivity contribution in [3.05, 3.63) is 48.3 Å². The molecule has 0 aliphatic rings. The molecule has 88 valence electrons. The Morgan fingerprint density at radius 3 is 2.76 bits per heavy atom. The van der Waals surface area contributed by atoms with Gasteiger partial charge in [0.2, 0.25) is 0 Å². The number of carbonyl (C=O) groups is 1. The van der Waals surface area contributed by atoms with Crippen LogP contribution in [0.3, 0.4) is 0 Å². The van der Waals surface area contributed by atoms with Crippen molar-refractivity contribution in [2.45, 2.75) is 13.5 Å². The number of amides is 1. The molecule has 0 saturated carbocycles. The minimum Gasteiger partial charge on any atom is -0.397 e. The number of nitrogens with one attached hydrogen (secondary N) is 1. The Balaban J connectivity index is 2.20. The fourth-order valence-electron chi connectivity index (χ4n) is 1.69. The third-order valence-corrected chi connectivity index (χ3v) is 2.61. The van der Waals surface area contributed by atoms with E-state index in [-0.39, 0.29) is 5.91 Å². The summed E-state index contributed by atoms with van der Waals surface area (Å²) in [4.78, 5) is 12.0. The van der Waals surface area contributed by atoms with Crippen LogP contribution in [0.1, 0.15) is 17.4 Å². The normalized spacial score (nSPS) is 10.2. The van der Waals surface area contributed by atoms with Crippen LogP contribution in [0.15, 0.2) is 42.6 Å². The highest BCUT2D eigenvalue weighted by Crippen LogP contribution is 2.17. The molecule has 4 nitrogen and oxygen atoms in total. The summed E-state index contributed by atoms with van der Waals surface area (Å²) in [7, 11) is 0. The minimum absolute atomic E-state index is 0.144. The molecule has 0 spiro atoms. The number of anilines is 2. The largest absolute Gasteiger partial charge is 0.397 e. The lowest BCUT2D eigenvalue weighted by molar-refractivity contribution is 0.101. The van der Waals surface area contributed by atoms with Gasteiger partial charge in [0.15, 0.2) is 0 Å². The van der Waals surface area contributed by atoms with E-state index in [4.69, 9.17) is 5.73 Å². The van der Waals surface area contributed by atoms with Crippen molar-refractivity contribution in [1.29, 1.82) is 0 Å². The Labute approximate surface area is 100 Å². The van der Waals surface area contributed by atoms with Crippen LogP contribution in [0, 0.1) is 0 Å². The summed E-state index contributed by atoms with van der Waals surface area (Å²) in [6, 6.07) is 10.9. The van der Waals surface area contributed by atoms with E-state index in [1.54, 1.807) is 18.2 Å². The van der Waals surface area contributed by atoms with Crippen molar-refractivity contribution in [2.24, 2.45) is 0 Å². The maximum absolute atomic E-state index is 12.0. The Morgan fingerprint density at radius 1 is 1.29 bits per heavy atom. The molecule has 2 rings (SSSR count). The van der Waals surface area contributed by atoms with Crippen LogP contribution in [0.25, 0.3) is 0 Å². The second kappa shape index (κ2) is 4.74. The van der Waals surface area contributed by atoms with E-state index in [1.807, 2.05) is 35.9 Å². The fourth-order valence-corrected chi connectivity index (χ4v) is 1.69. The zero-order valence-electron chi connectivity index (χ0n) is 9.68. The summed E-state index contributed by atoms with van der Waals surface area (Å²) in [5.41, 5.74) is 7.61. The number of hydrogen-bond donors (Lipinski definition) is 2. The van der Waals surface area contributed by atoms with Gasteiger partial charge in [-0.15, -0.1) is 0 Å². The van der Waals surface area contributed by atoms with E-state index in [0.717, 1.165) is 6.54 Å². The zero-order chi connectivity index (χ0) is 12.3. The molecule has 1 heterocycles. The zero-order valence-corrected chi connectivity index (χ0v) is 9.68. The van der Waals surface area contributed by atoms with Gasteiger partial charge < -0.3 is 15.6 Å². The first kappa shape index (κ1) is 11.3. The first-order valence-electron chi connectivity index (χ1n) is 5.53. The molecule has 0 aliphatic carbocycles. The summed E-state index contributed by atoms with van der Waals surface area (Å²) in [5, 5.41) is 2.80. The smallest absolute Gasteiger partial charge is 0.272 e. The lowest BCUT2D eigenvalue weighted by Crippen LogP contribution is -2.17. The Kier molecular flexibility index (Phi) is 3.14. The molecule has 0 fully saturated rings. The number of benzene rings is 1. The first-order valence-corrected chi connectivity index (χ1v) is 5.53. The van der Waals surface area contributed by atoms with Gasteiger partial charge >= 0.3 is 0 Å². The van der Waals surface area contributed by atoms with Crippen molar-refractivity contribution in [3.63, 3.8) is 0 Å². The van der Waals surface area contributed by atoms with E-state index in [2.05, 4.69) is 5.32 Å². The fraction of sp³-hybridized carbons (Fsp3) is 0.154. The average Bonchev–Trinajstić information content (AvgIpc) is 2.80. The van der Waals surface area contributed by atoms with Crippen LogP contribution in [-0.4, -0.2) is 10.5 Å². The summed E-state index contributed by atoms with van der Waals surface area (Å²) in [5.74, 6) is -0.144. The van der Waals surface area contributed by atoms with Gasteiger partial charge in [-0.1, -0.05) is 12.1 Å². The van der Waals surface area contributed by atoms with Gasteiger partial charge in [0.1, 0.15) is 5.69 Å². The van der Waals surface area contributed by atoms with Gasteiger partial charge in [-0.3, -0.25) is 4.79 Å². The molecule has 17 heavy (non-hydrogen) atoms. The summed E-state index contributed by atoms with van der Waals surface area (Å²) < 4.78 is 1.88. The van der Waals surface area contributed by atoms with Crippen LogP contribution in [-0.2, 0) is 6.54 Å². The molecule has 4 heteroatoms. The number of para-hydroxylation sites is 2. The first-order chi connectivity index (χ1) is 8.22. The molecule has 0 unspecified atom stereocenters. The van der Waals surface area contributed by atoms with Crippen LogP contribution in [0.5, 0.6) is 0 Å². The maximum atomic E-state index is 12.0. The monoisotopic (exact) mass is 229 g/mol. The molecule has 1 aromatic carbocycles. The number of rotatable bonds is 3. The van der Waals surface area contributed by atoms with Crippen molar-refractivity contribution >= 4 is 17.3 Å². The number of aromatic nitrogens is 1. The number of nitrogens with zero attached hydrogens (tertiary/aromatic N) is 1. The van der Waals surface area contributed by atoms with Gasteiger partial charge in [0, 0.05) is 12.7 Å². The Morgan fingerprint density at radius 2 is 2.06 bits per heavy atom. The topological polar surface area (TPSA) is 60.0 Å². The van der Waals surface area contributed by atoms with Gasteiger partial charge in [0.05, 0.1) is 11.4 Å². The summed E-state index contributed by atoms with van der Waals surface area (Å²) >= 11 is 0. The SMILES string of the molecule is CCn1cccc1C(=O)Nc1ccccc1N. The van der Waals surface area contributed by atoms with Crippen molar-refractivity contribution in [3.8, 4) is 0 Å². The van der Waals surface area contributed by atoms with Gasteiger partial charge in [-0.05, 0) is 31.2 Å². The second-order valence-corrected chi connectivity index (χ2v) is 3.72. The van der Waals surface area contributed by atoms with Crippen molar-refractivity contribution in [1.82, 2.24) is 4.57 Å². The van der Waals surface area contributed by atoms with Crippen molar-refractivity contribution < 1.29 is 4.79 Å². The van der Waals surface area contributed by atoms with Crippen LogP contribution in [0.2, 0.25) is 0 Å². The molecule has 0 radical (unpaired) electrons. The molecule has 0 aliphatic heterocycles. The quantitative estimate of drug-likeness (QED) is 0.793. The predicted molar refractivity (Wildman–Crippen MR) is 68.9 cm³/mol. The molecule has 0 bridgehead atoms. The molecule has 2 aromatic rings. The highest BCUT2D eigenvalue weighted by molar-refractivity contribution is 6.04. The molecular weight excluding hydrogens is 214 g/mol. The Bertz CT molecular complexity index is 531. The van der Waals surface area contributed by atoms with Crippen LogP contribution >= 0.6 is 0 Å². The lowest BCUT2D eigenvalue weighted by atomic mass is 10.2. The molecule has 1 amide bonds. The summed E-state index contributed by atoms with van der Waals surface area (Å²) in [6.45, 7) is 2.76. The highest BCUT2D eigenvalue weighted by Gasteiger charge is 2.10. The number of hydrogen-bond acceptors (Lipinski definition) is 2. The number of aryl methyl sites for hydroxylation is 1. The highest BCUT2D eigenvalue weighted by atomic mass is 16.1. The molecule has 3 N–H and O–H groups in total. The number of nitrogens with two attached hydrogens (primary N) is 1. The van der Waals surface area contributed by atoms with Crippen LogP contribution < -0.4 is 11.1 Å². The maximum Gasteiger partial charge on any atom is 0.272 e. The van der Waals surface area contributed by atoms with E-state index in [1.165, 1.54) is 0 Å². The third-order valence-electron chi connectivity index (χ3n) is 2.61. The van der Waals surface area contributed by atoms with Gasteiger partial charge in [0.25, 0.3) is 5.91 Å². The minimum atomic E-state index is -0.144. The van der Waals surface area contributed by atoms with E-state index < -0.39 is 0 Å². The van der Waals surface area contributed by atoms with Gasteiger partial charge in [-0.2, -0.15) is 0 Å². The van der Waals surface area contributed by atoms with E-state index in [0.29, 0.717) is 17.1 Å². The van der Waals surface area contributed by atoms with E-state index in [9.17, 15) is 4.79 Å².